The first-order valence-electron chi connectivity index (χ1n) is 7.03. The van der Waals surface area contributed by atoms with Crippen LogP contribution in [0.2, 0.25) is 0 Å². The summed E-state index contributed by atoms with van der Waals surface area (Å²) < 4.78 is 26.8. The number of rotatable bonds is 6. The Balaban J connectivity index is 3.20. The number of carbonyl (C=O) groups excluding carboxylic acids is 1. The third-order valence-corrected chi connectivity index (χ3v) is 5.10. The number of hydrogen-bond acceptors (Lipinski definition) is 4. The second-order valence-corrected chi connectivity index (χ2v) is 7.75. The third-order valence-electron chi connectivity index (χ3n) is 3.45. The predicted octanol–water partition coefficient (Wildman–Crippen LogP) is 1.31. The lowest BCUT2D eigenvalue weighted by atomic mass is 10.0. The maximum absolute atomic E-state index is 12.4. The van der Waals surface area contributed by atoms with E-state index in [4.69, 9.17) is 0 Å². The van der Waals surface area contributed by atoms with Crippen LogP contribution in [0, 0.1) is 0 Å². The second kappa shape index (κ2) is 6.67. The quantitative estimate of drug-likeness (QED) is 0.811. The molecule has 0 saturated carbocycles. The fourth-order valence-corrected chi connectivity index (χ4v) is 3.06. The van der Waals surface area contributed by atoms with E-state index in [0.717, 1.165) is 4.90 Å². The topological polar surface area (TPSA) is 104 Å². The highest BCUT2D eigenvalue weighted by molar-refractivity contribution is 7.89. The summed E-state index contributed by atoms with van der Waals surface area (Å²) >= 11 is 0. The van der Waals surface area contributed by atoms with Crippen molar-refractivity contribution >= 4 is 21.9 Å². The molecule has 7 nitrogen and oxygen atoms in total. The van der Waals surface area contributed by atoms with E-state index in [1.54, 1.807) is 13.8 Å². The van der Waals surface area contributed by atoms with E-state index in [2.05, 4.69) is 4.72 Å². The fourth-order valence-electron chi connectivity index (χ4n) is 1.77. The largest absolute Gasteiger partial charge is 0.480 e. The van der Waals surface area contributed by atoms with E-state index in [1.165, 1.54) is 45.2 Å². The maximum Gasteiger partial charge on any atom is 0.329 e. The highest BCUT2D eigenvalue weighted by Crippen LogP contribution is 2.18. The van der Waals surface area contributed by atoms with E-state index in [0.29, 0.717) is 0 Å². The van der Waals surface area contributed by atoms with Crippen LogP contribution in [0.25, 0.3) is 0 Å². The molecule has 1 rings (SSSR count). The van der Waals surface area contributed by atoms with Crippen molar-refractivity contribution in [2.45, 2.75) is 44.2 Å². The Bertz CT molecular complexity index is 710. The molecule has 1 amide bonds. The number of likely N-dealkylation sites (N-methyl/N-ethyl adjacent to an activating group) is 1. The summed E-state index contributed by atoms with van der Waals surface area (Å²) in [7, 11) is -2.37. The lowest BCUT2D eigenvalue weighted by molar-refractivity contribution is -0.147. The van der Waals surface area contributed by atoms with Gasteiger partial charge in [0.1, 0.15) is 5.54 Å². The van der Waals surface area contributed by atoms with Crippen molar-refractivity contribution < 1.29 is 23.1 Å². The average Bonchev–Trinajstić information content (AvgIpc) is 2.44. The number of carboxylic acids is 1. The van der Waals surface area contributed by atoms with Crippen LogP contribution in [0.4, 0.5) is 0 Å². The van der Waals surface area contributed by atoms with Crippen LogP contribution in [0.3, 0.4) is 0 Å². The van der Waals surface area contributed by atoms with Crippen molar-refractivity contribution in [3.63, 3.8) is 0 Å². The summed E-state index contributed by atoms with van der Waals surface area (Å²) in [5.41, 5.74) is -1.31. The monoisotopic (exact) mass is 342 g/mol. The van der Waals surface area contributed by atoms with Gasteiger partial charge in [0.2, 0.25) is 10.0 Å². The molecule has 1 aromatic rings. The van der Waals surface area contributed by atoms with Crippen molar-refractivity contribution in [1.29, 1.82) is 0 Å². The average molecular weight is 342 g/mol. The van der Waals surface area contributed by atoms with Crippen LogP contribution in [-0.4, -0.2) is 48.9 Å². The van der Waals surface area contributed by atoms with Gasteiger partial charge >= 0.3 is 5.97 Å². The van der Waals surface area contributed by atoms with Gasteiger partial charge in [-0.2, -0.15) is 0 Å². The van der Waals surface area contributed by atoms with Crippen molar-refractivity contribution in [2.24, 2.45) is 0 Å². The first-order chi connectivity index (χ1) is 10.4. The van der Waals surface area contributed by atoms with Gasteiger partial charge < -0.3 is 10.0 Å². The van der Waals surface area contributed by atoms with Crippen LogP contribution in [0.1, 0.15) is 38.1 Å². The maximum atomic E-state index is 12.4. The number of aliphatic carboxylic acids is 1. The molecule has 0 heterocycles. The first-order valence-corrected chi connectivity index (χ1v) is 8.52. The predicted molar refractivity (Wildman–Crippen MR) is 85.7 cm³/mol. The van der Waals surface area contributed by atoms with Crippen LogP contribution >= 0.6 is 0 Å². The standard InChI is InChI=1S/C15H22N2O5S/c1-10(2)16-23(21,22)12-8-6-7-11(9-12)13(18)17(5)15(3,4)14(19)20/h6-10,16H,1-5H3,(H,19,20). The first kappa shape index (κ1) is 19.1. The van der Waals surface area contributed by atoms with Crippen LogP contribution in [-0.2, 0) is 14.8 Å². The SMILES string of the molecule is CC(C)NS(=O)(=O)c1cccc(C(=O)N(C)C(C)(C)C(=O)O)c1. The second-order valence-electron chi connectivity index (χ2n) is 6.03. The normalized spacial score (nSPS) is 12.3. The van der Waals surface area contributed by atoms with E-state index in [9.17, 15) is 23.1 Å². The number of amides is 1. The molecule has 1 aromatic carbocycles. The molecule has 0 spiro atoms. The van der Waals surface area contributed by atoms with Crippen molar-refractivity contribution in [2.75, 3.05) is 7.05 Å². The van der Waals surface area contributed by atoms with Crippen molar-refractivity contribution in [3.05, 3.63) is 29.8 Å². The Labute approximate surface area is 136 Å². The summed E-state index contributed by atoms with van der Waals surface area (Å²) in [6.07, 6.45) is 0. The molecular weight excluding hydrogens is 320 g/mol. The zero-order valence-corrected chi connectivity index (χ0v) is 14.6. The fraction of sp³-hybridized carbons (Fsp3) is 0.467. The van der Waals surface area contributed by atoms with Crippen LogP contribution < -0.4 is 4.72 Å². The molecule has 0 aromatic heterocycles. The van der Waals surface area contributed by atoms with E-state index >= 15 is 0 Å². The van der Waals surface area contributed by atoms with Gasteiger partial charge in [0.25, 0.3) is 5.91 Å². The van der Waals surface area contributed by atoms with Crippen LogP contribution in [0.15, 0.2) is 29.2 Å². The van der Waals surface area contributed by atoms with Crippen molar-refractivity contribution in [3.8, 4) is 0 Å². The van der Waals surface area contributed by atoms with Gasteiger partial charge in [-0.25, -0.2) is 17.9 Å². The molecule has 0 aliphatic carbocycles. The summed E-state index contributed by atoms with van der Waals surface area (Å²) in [5, 5.41) is 9.19. The number of hydrogen-bond donors (Lipinski definition) is 2. The van der Waals surface area contributed by atoms with Gasteiger partial charge in [0.05, 0.1) is 4.90 Å². The molecule has 0 unspecified atom stereocenters. The van der Waals surface area contributed by atoms with Gasteiger partial charge in [0.15, 0.2) is 0 Å². The van der Waals surface area contributed by atoms with E-state index < -0.39 is 27.4 Å². The van der Waals surface area contributed by atoms with Gasteiger partial charge in [-0.15, -0.1) is 0 Å². The number of benzene rings is 1. The minimum atomic E-state index is -3.73. The molecule has 0 aliphatic heterocycles. The lowest BCUT2D eigenvalue weighted by Crippen LogP contribution is -2.50. The summed E-state index contributed by atoms with van der Waals surface area (Å²) in [5.74, 6) is -1.72. The number of carboxylic acid groups (broad SMARTS) is 1. The Morgan fingerprint density at radius 1 is 1.26 bits per heavy atom. The summed E-state index contributed by atoms with van der Waals surface area (Å²) in [6.45, 7) is 6.17. The number of nitrogens with zero attached hydrogens (tertiary/aromatic N) is 1. The minimum absolute atomic E-state index is 0.0430. The minimum Gasteiger partial charge on any atom is -0.480 e. The number of sulfonamides is 1. The molecule has 0 radical (unpaired) electrons. The van der Waals surface area contributed by atoms with E-state index in [-0.39, 0.29) is 16.5 Å². The Kier molecular flexibility index (Phi) is 5.55. The smallest absolute Gasteiger partial charge is 0.329 e. The van der Waals surface area contributed by atoms with Crippen LogP contribution in [0.5, 0.6) is 0 Å². The van der Waals surface area contributed by atoms with Gasteiger partial charge in [-0.3, -0.25) is 4.79 Å². The molecule has 0 atom stereocenters. The third kappa shape index (κ3) is 4.29. The van der Waals surface area contributed by atoms with E-state index in [1.807, 2.05) is 0 Å². The number of nitrogens with one attached hydrogen (secondary N) is 1. The molecule has 23 heavy (non-hydrogen) atoms. The molecule has 0 bridgehead atoms. The lowest BCUT2D eigenvalue weighted by Gasteiger charge is -2.31. The molecule has 128 valence electrons. The van der Waals surface area contributed by atoms with Gasteiger partial charge in [0, 0.05) is 18.7 Å². The zero-order chi connectivity index (χ0) is 18.0. The Morgan fingerprint density at radius 2 is 1.83 bits per heavy atom. The molecule has 2 N–H and O–H groups in total. The summed E-state index contributed by atoms with van der Waals surface area (Å²) in [6, 6.07) is 5.23. The Hall–Kier alpha value is -1.93. The number of carbonyl (C=O) groups is 2. The molecular formula is C15H22N2O5S. The Morgan fingerprint density at radius 3 is 2.30 bits per heavy atom. The summed E-state index contributed by atoms with van der Waals surface area (Å²) in [4.78, 5) is 24.7. The van der Waals surface area contributed by atoms with Gasteiger partial charge in [-0.1, -0.05) is 6.07 Å². The zero-order valence-electron chi connectivity index (χ0n) is 13.8. The molecule has 8 heteroatoms. The van der Waals surface area contributed by atoms with Crippen molar-refractivity contribution in [1.82, 2.24) is 9.62 Å². The van der Waals surface area contributed by atoms with Gasteiger partial charge in [-0.05, 0) is 45.9 Å². The molecule has 0 saturated heterocycles. The highest BCUT2D eigenvalue weighted by atomic mass is 32.2. The molecule has 0 aliphatic rings. The highest BCUT2D eigenvalue weighted by Gasteiger charge is 2.35. The molecule has 0 fully saturated rings.